The van der Waals surface area contributed by atoms with Gasteiger partial charge in [0.05, 0.1) is 28.3 Å². The van der Waals surface area contributed by atoms with Crippen molar-refractivity contribution >= 4 is 36.7 Å². The van der Waals surface area contributed by atoms with Crippen molar-refractivity contribution in [3.8, 4) is 0 Å². The molecule has 1 saturated heterocycles. The number of hydrogen-bond acceptors (Lipinski definition) is 6. The molecule has 3 aromatic rings. The molecule has 1 aliphatic heterocycles. The number of aromatic nitrogens is 1. The SMILES string of the molecule is Cc1ccc(S(=O)(=O)Nc2nc3ccc(CN4CCOCC4)cc3s2)cc1. The average molecular weight is 404 g/mol. The van der Waals surface area contributed by atoms with E-state index in [4.69, 9.17) is 4.74 Å². The number of nitrogens with one attached hydrogen (secondary N) is 1. The van der Waals surface area contributed by atoms with E-state index in [1.165, 1.54) is 16.9 Å². The number of rotatable bonds is 5. The molecule has 1 aromatic heterocycles. The van der Waals surface area contributed by atoms with Gasteiger partial charge in [-0.25, -0.2) is 13.4 Å². The van der Waals surface area contributed by atoms with E-state index in [-0.39, 0.29) is 4.90 Å². The first-order valence-corrected chi connectivity index (χ1v) is 11.1. The van der Waals surface area contributed by atoms with Gasteiger partial charge in [-0.15, -0.1) is 0 Å². The lowest BCUT2D eigenvalue weighted by Crippen LogP contribution is -2.35. The summed E-state index contributed by atoms with van der Waals surface area (Å²) in [5.41, 5.74) is 3.01. The Morgan fingerprint density at radius 1 is 1.15 bits per heavy atom. The molecule has 0 bridgehead atoms. The van der Waals surface area contributed by atoms with Crippen LogP contribution in [0.1, 0.15) is 11.1 Å². The predicted molar refractivity (Wildman–Crippen MR) is 108 cm³/mol. The van der Waals surface area contributed by atoms with Gasteiger partial charge in [-0.2, -0.15) is 0 Å². The zero-order valence-electron chi connectivity index (χ0n) is 15.0. The maximum absolute atomic E-state index is 12.6. The minimum Gasteiger partial charge on any atom is -0.379 e. The van der Waals surface area contributed by atoms with Crippen molar-refractivity contribution in [2.24, 2.45) is 0 Å². The summed E-state index contributed by atoms with van der Waals surface area (Å²) in [6.45, 7) is 6.19. The van der Waals surface area contributed by atoms with Crippen LogP contribution in [0.3, 0.4) is 0 Å². The third-order valence-electron chi connectivity index (χ3n) is 4.52. The normalized spacial score (nSPS) is 15.9. The third kappa shape index (κ3) is 4.30. The van der Waals surface area contributed by atoms with Gasteiger partial charge in [0.25, 0.3) is 10.0 Å². The molecule has 0 unspecified atom stereocenters. The third-order valence-corrected chi connectivity index (χ3v) is 6.93. The van der Waals surface area contributed by atoms with Crippen molar-refractivity contribution < 1.29 is 13.2 Å². The predicted octanol–water partition coefficient (Wildman–Crippen LogP) is 3.24. The first-order valence-electron chi connectivity index (χ1n) is 8.79. The van der Waals surface area contributed by atoms with E-state index in [2.05, 4.69) is 26.7 Å². The molecule has 0 spiro atoms. The van der Waals surface area contributed by atoms with Crippen LogP contribution in [0.15, 0.2) is 47.4 Å². The summed E-state index contributed by atoms with van der Waals surface area (Å²) in [7, 11) is -3.63. The van der Waals surface area contributed by atoms with Crippen LogP contribution in [-0.2, 0) is 21.3 Å². The van der Waals surface area contributed by atoms with Gasteiger partial charge < -0.3 is 4.74 Å². The van der Waals surface area contributed by atoms with Crippen LogP contribution in [0.5, 0.6) is 0 Å². The first kappa shape index (κ1) is 18.4. The average Bonchev–Trinajstić information content (AvgIpc) is 3.03. The van der Waals surface area contributed by atoms with Crippen LogP contribution >= 0.6 is 11.3 Å². The molecule has 1 N–H and O–H groups in total. The van der Waals surface area contributed by atoms with Gasteiger partial charge in [0, 0.05) is 19.6 Å². The Kier molecular flexibility index (Phi) is 5.14. The summed E-state index contributed by atoms with van der Waals surface area (Å²) in [6, 6.07) is 12.9. The van der Waals surface area contributed by atoms with E-state index in [0.717, 1.165) is 48.6 Å². The fraction of sp³-hybridized carbons (Fsp3) is 0.316. The molecule has 6 nitrogen and oxygen atoms in total. The van der Waals surface area contributed by atoms with E-state index in [9.17, 15) is 8.42 Å². The molecule has 142 valence electrons. The molecule has 1 aliphatic rings. The van der Waals surface area contributed by atoms with E-state index in [1.807, 2.05) is 13.0 Å². The van der Waals surface area contributed by atoms with Gasteiger partial charge in [0.15, 0.2) is 5.13 Å². The second kappa shape index (κ2) is 7.55. The van der Waals surface area contributed by atoms with Crippen LogP contribution in [0.25, 0.3) is 10.2 Å². The Hall–Kier alpha value is -2.00. The Labute approximate surface area is 162 Å². The summed E-state index contributed by atoms with van der Waals surface area (Å²) in [4.78, 5) is 7.01. The highest BCUT2D eigenvalue weighted by atomic mass is 32.2. The van der Waals surface area contributed by atoms with E-state index in [0.29, 0.717) is 5.13 Å². The van der Waals surface area contributed by atoms with Crippen LogP contribution < -0.4 is 4.72 Å². The Bertz CT molecular complexity index is 1040. The molecule has 4 rings (SSSR count). The van der Waals surface area contributed by atoms with E-state index >= 15 is 0 Å². The summed E-state index contributed by atoms with van der Waals surface area (Å²) >= 11 is 1.35. The van der Waals surface area contributed by atoms with Gasteiger partial charge >= 0.3 is 0 Å². The molecule has 27 heavy (non-hydrogen) atoms. The number of fused-ring (bicyclic) bond motifs is 1. The molecular weight excluding hydrogens is 382 g/mol. The standard InChI is InChI=1S/C19H21N3O3S2/c1-14-2-5-16(6-3-14)27(23,24)21-19-20-17-7-4-15(12-18(17)26-19)13-22-8-10-25-11-9-22/h2-7,12H,8-11,13H2,1H3,(H,20,21). The van der Waals surface area contributed by atoms with Crippen molar-refractivity contribution in [2.75, 3.05) is 31.0 Å². The zero-order chi connectivity index (χ0) is 18.9. The van der Waals surface area contributed by atoms with Crippen molar-refractivity contribution in [2.45, 2.75) is 18.4 Å². The highest BCUT2D eigenvalue weighted by molar-refractivity contribution is 7.93. The highest BCUT2D eigenvalue weighted by Crippen LogP contribution is 2.29. The molecule has 2 aromatic carbocycles. The van der Waals surface area contributed by atoms with Crippen molar-refractivity contribution in [3.05, 3.63) is 53.6 Å². The molecule has 1 fully saturated rings. The number of thiazole rings is 1. The van der Waals surface area contributed by atoms with Gasteiger partial charge in [0.1, 0.15) is 0 Å². The minimum atomic E-state index is -3.63. The Balaban J connectivity index is 1.53. The number of benzene rings is 2. The van der Waals surface area contributed by atoms with Crippen LogP contribution in [-0.4, -0.2) is 44.6 Å². The molecule has 0 aliphatic carbocycles. The van der Waals surface area contributed by atoms with Crippen LogP contribution in [0.4, 0.5) is 5.13 Å². The number of aryl methyl sites for hydroxylation is 1. The smallest absolute Gasteiger partial charge is 0.263 e. The van der Waals surface area contributed by atoms with Gasteiger partial charge in [-0.3, -0.25) is 9.62 Å². The number of anilines is 1. The lowest BCUT2D eigenvalue weighted by Gasteiger charge is -2.26. The van der Waals surface area contributed by atoms with Crippen molar-refractivity contribution in [1.29, 1.82) is 0 Å². The van der Waals surface area contributed by atoms with E-state index in [1.54, 1.807) is 24.3 Å². The number of ether oxygens (including phenoxy) is 1. The zero-order valence-corrected chi connectivity index (χ0v) is 16.6. The van der Waals surface area contributed by atoms with Crippen molar-refractivity contribution in [3.63, 3.8) is 0 Å². The fourth-order valence-corrected chi connectivity index (χ4v) is 5.18. The van der Waals surface area contributed by atoms with Crippen molar-refractivity contribution in [1.82, 2.24) is 9.88 Å². The van der Waals surface area contributed by atoms with Gasteiger partial charge in [-0.05, 0) is 36.8 Å². The van der Waals surface area contributed by atoms with E-state index < -0.39 is 10.0 Å². The Morgan fingerprint density at radius 3 is 2.63 bits per heavy atom. The molecule has 0 amide bonds. The second-order valence-corrected chi connectivity index (χ2v) is 9.34. The Morgan fingerprint density at radius 2 is 1.89 bits per heavy atom. The highest BCUT2D eigenvalue weighted by Gasteiger charge is 2.17. The number of morpholine rings is 1. The topological polar surface area (TPSA) is 71.5 Å². The summed E-state index contributed by atoms with van der Waals surface area (Å²) in [5.74, 6) is 0. The summed E-state index contributed by atoms with van der Waals surface area (Å²) in [5, 5.41) is 0.383. The lowest BCUT2D eigenvalue weighted by molar-refractivity contribution is 0.0342. The van der Waals surface area contributed by atoms with Gasteiger partial charge in [0.2, 0.25) is 0 Å². The first-order chi connectivity index (χ1) is 13.0. The molecule has 0 radical (unpaired) electrons. The quantitative estimate of drug-likeness (QED) is 0.708. The number of sulfonamides is 1. The summed E-state index contributed by atoms with van der Waals surface area (Å²) in [6.07, 6.45) is 0. The minimum absolute atomic E-state index is 0.236. The molecular formula is C19H21N3O3S2. The van der Waals surface area contributed by atoms with Crippen LogP contribution in [0.2, 0.25) is 0 Å². The summed E-state index contributed by atoms with van der Waals surface area (Å²) < 4.78 is 34.1. The van der Waals surface area contributed by atoms with Crippen LogP contribution in [0, 0.1) is 6.92 Å². The molecule has 2 heterocycles. The largest absolute Gasteiger partial charge is 0.379 e. The lowest BCUT2D eigenvalue weighted by atomic mass is 10.2. The molecule has 0 saturated carbocycles. The monoisotopic (exact) mass is 403 g/mol. The maximum atomic E-state index is 12.6. The fourth-order valence-electron chi connectivity index (χ4n) is 3.02. The number of nitrogens with zero attached hydrogens (tertiary/aromatic N) is 2. The number of hydrogen-bond donors (Lipinski definition) is 1. The molecule has 8 heteroatoms. The second-order valence-electron chi connectivity index (χ2n) is 6.63. The molecule has 0 atom stereocenters. The van der Waals surface area contributed by atoms with Gasteiger partial charge in [-0.1, -0.05) is 35.1 Å². The maximum Gasteiger partial charge on any atom is 0.263 e.